The molecule has 0 radical (unpaired) electrons. The van der Waals surface area contributed by atoms with Crippen molar-refractivity contribution in [3.05, 3.63) is 35.0 Å². The minimum Gasteiger partial charge on any atom is -0.331 e. The average molecular weight is 350 g/mol. The Balaban J connectivity index is 1.57. The van der Waals surface area contributed by atoms with E-state index in [9.17, 15) is 13.2 Å². The van der Waals surface area contributed by atoms with Gasteiger partial charge in [0.25, 0.3) is 15.9 Å². The Bertz CT molecular complexity index is 862. The van der Waals surface area contributed by atoms with Gasteiger partial charge in [0.1, 0.15) is 0 Å². The van der Waals surface area contributed by atoms with Crippen LogP contribution in [0.5, 0.6) is 0 Å². The summed E-state index contributed by atoms with van der Waals surface area (Å²) >= 11 is 1.38. The van der Waals surface area contributed by atoms with E-state index in [0.29, 0.717) is 17.6 Å². The van der Waals surface area contributed by atoms with Crippen LogP contribution in [0.1, 0.15) is 24.5 Å². The lowest BCUT2D eigenvalue weighted by Gasteiger charge is -2.28. The van der Waals surface area contributed by atoms with E-state index in [1.54, 1.807) is 23.3 Å². The molecule has 2 aliphatic heterocycles. The van der Waals surface area contributed by atoms with Gasteiger partial charge in [-0.05, 0) is 25.0 Å². The van der Waals surface area contributed by atoms with Gasteiger partial charge in [0.05, 0.1) is 17.0 Å². The number of hydrogen-bond donors (Lipinski definition) is 1. The molecule has 23 heavy (non-hydrogen) atoms. The van der Waals surface area contributed by atoms with Crippen LogP contribution in [0.3, 0.4) is 0 Å². The normalized spacial score (nSPS) is 22.2. The highest BCUT2D eigenvalue weighted by atomic mass is 32.2. The Morgan fingerprint density at radius 3 is 3.00 bits per heavy atom. The molecule has 0 atom stereocenters. The van der Waals surface area contributed by atoms with Crippen LogP contribution in [-0.4, -0.2) is 42.3 Å². The SMILES string of the molecule is O=C(Nc1nc(C2CC2)cs1)C1=CC=CN2CCS(=O)(=O)N=C12. The first kappa shape index (κ1) is 14.6. The van der Waals surface area contributed by atoms with Crippen LogP contribution < -0.4 is 5.32 Å². The van der Waals surface area contributed by atoms with Crippen molar-refractivity contribution < 1.29 is 13.2 Å². The molecule has 0 unspecified atom stereocenters. The highest BCUT2D eigenvalue weighted by molar-refractivity contribution is 7.90. The molecule has 0 aromatic carbocycles. The Labute approximate surface area is 137 Å². The third-order valence-corrected chi connectivity index (χ3v) is 5.77. The van der Waals surface area contributed by atoms with Crippen molar-refractivity contribution in [2.24, 2.45) is 4.40 Å². The Kier molecular flexibility index (Phi) is 3.34. The van der Waals surface area contributed by atoms with E-state index >= 15 is 0 Å². The van der Waals surface area contributed by atoms with Crippen LogP contribution in [0.2, 0.25) is 0 Å². The van der Waals surface area contributed by atoms with Gasteiger partial charge in [-0.3, -0.25) is 10.1 Å². The largest absolute Gasteiger partial charge is 0.331 e. The van der Waals surface area contributed by atoms with Crippen molar-refractivity contribution >= 4 is 38.2 Å². The number of carbonyl (C=O) groups excluding carboxylic acids is 1. The van der Waals surface area contributed by atoms with E-state index in [1.165, 1.54) is 11.3 Å². The number of sulfonamides is 1. The minimum absolute atomic E-state index is 0.0486. The average Bonchev–Trinajstić information content (AvgIpc) is 3.26. The molecule has 1 N–H and O–H groups in total. The van der Waals surface area contributed by atoms with Crippen LogP contribution in [0.15, 0.2) is 33.7 Å². The molecular formula is C14H14N4O3S2. The zero-order chi connectivity index (χ0) is 16.0. The molecule has 1 saturated carbocycles. The van der Waals surface area contributed by atoms with Gasteiger partial charge in [0.2, 0.25) is 0 Å². The summed E-state index contributed by atoms with van der Waals surface area (Å²) in [6, 6.07) is 0. The van der Waals surface area contributed by atoms with Crippen LogP contribution in [0.4, 0.5) is 5.13 Å². The monoisotopic (exact) mass is 350 g/mol. The molecular weight excluding hydrogens is 336 g/mol. The number of aromatic nitrogens is 1. The zero-order valence-electron chi connectivity index (χ0n) is 12.1. The molecule has 0 saturated heterocycles. The number of amides is 1. The standard InChI is InChI=1S/C14H14N4O3S2/c19-13(16-14-15-11(8-22-14)9-3-4-9)10-2-1-5-18-6-7-23(20,21)17-12(10)18/h1-2,5,8-9H,3-4,6-7H2,(H,15,16,19). The number of nitrogens with zero attached hydrogens (tertiary/aromatic N) is 3. The molecule has 4 rings (SSSR count). The smallest absolute Gasteiger partial charge is 0.261 e. The van der Waals surface area contributed by atoms with Gasteiger partial charge in [0.15, 0.2) is 11.0 Å². The number of rotatable bonds is 3. The van der Waals surface area contributed by atoms with Crippen molar-refractivity contribution in [2.45, 2.75) is 18.8 Å². The number of fused-ring (bicyclic) bond motifs is 1. The van der Waals surface area contributed by atoms with Crippen LogP contribution in [0, 0.1) is 0 Å². The van der Waals surface area contributed by atoms with Gasteiger partial charge in [-0.2, -0.15) is 0 Å². The van der Waals surface area contributed by atoms with E-state index in [4.69, 9.17) is 0 Å². The molecule has 7 nitrogen and oxygen atoms in total. The zero-order valence-corrected chi connectivity index (χ0v) is 13.7. The van der Waals surface area contributed by atoms with E-state index in [2.05, 4.69) is 14.7 Å². The van der Waals surface area contributed by atoms with E-state index in [0.717, 1.165) is 18.5 Å². The summed E-state index contributed by atoms with van der Waals surface area (Å²) in [5.41, 5.74) is 1.25. The third kappa shape index (κ3) is 2.93. The number of amidine groups is 1. The predicted octanol–water partition coefficient (Wildman–Crippen LogP) is 1.46. The molecule has 1 aromatic heterocycles. The summed E-state index contributed by atoms with van der Waals surface area (Å²) in [4.78, 5) is 18.6. The Morgan fingerprint density at radius 2 is 2.22 bits per heavy atom. The second kappa shape index (κ2) is 5.27. The van der Waals surface area contributed by atoms with E-state index in [1.807, 2.05) is 5.38 Å². The van der Waals surface area contributed by atoms with Crippen molar-refractivity contribution in [1.29, 1.82) is 0 Å². The number of thiazole rings is 1. The minimum atomic E-state index is -3.51. The molecule has 1 aliphatic carbocycles. The lowest BCUT2D eigenvalue weighted by molar-refractivity contribution is -0.112. The molecule has 1 fully saturated rings. The molecule has 1 amide bonds. The van der Waals surface area contributed by atoms with Crippen molar-refractivity contribution in [3.8, 4) is 0 Å². The van der Waals surface area contributed by atoms with Crippen molar-refractivity contribution in [3.63, 3.8) is 0 Å². The summed E-state index contributed by atoms with van der Waals surface area (Å²) in [5.74, 6) is 0.256. The second-order valence-corrected chi connectivity index (χ2v) is 8.23. The maximum atomic E-state index is 12.5. The first-order valence-corrected chi connectivity index (χ1v) is 9.76. The van der Waals surface area contributed by atoms with Crippen molar-refractivity contribution in [1.82, 2.24) is 9.88 Å². The fourth-order valence-electron chi connectivity index (χ4n) is 2.47. The molecule has 120 valence electrons. The first-order valence-electron chi connectivity index (χ1n) is 7.27. The van der Waals surface area contributed by atoms with Gasteiger partial charge in [-0.15, -0.1) is 15.7 Å². The van der Waals surface area contributed by atoms with Gasteiger partial charge in [-0.25, -0.2) is 13.4 Å². The Morgan fingerprint density at radius 1 is 1.39 bits per heavy atom. The maximum absolute atomic E-state index is 12.5. The summed E-state index contributed by atoms with van der Waals surface area (Å²) in [6.45, 7) is 0.297. The van der Waals surface area contributed by atoms with Gasteiger partial charge < -0.3 is 4.90 Å². The summed E-state index contributed by atoms with van der Waals surface area (Å²) < 4.78 is 27.2. The van der Waals surface area contributed by atoms with Crippen LogP contribution in [0.25, 0.3) is 0 Å². The van der Waals surface area contributed by atoms with E-state index in [-0.39, 0.29) is 17.2 Å². The molecule has 3 aliphatic rings. The quantitative estimate of drug-likeness (QED) is 0.891. The fraction of sp³-hybridized carbons (Fsp3) is 0.357. The number of nitrogens with one attached hydrogen (secondary N) is 1. The highest BCUT2D eigenvalue weighted by Gasteiger charge is 2.31. The number of carbonyl (C=O) groups is 1. The maximum Gasteiger partial charge on any atom is 0.261 e. The number of hydrogen-bond acceptors (Lipinski definition) is 6. The number of anilines is 1. The molecule has 9 heteroatoms. The number of allylic oxidation sites excluding steroid dienone is 2. The Hall–Kier alpha value is -2.00. The second-order valence-electron chi connectivity index (χ2n) is 5.62. The molecule has 1 aromatic rings. The molecule has 0 bridgehead atoms. The van der Waals surface area contributed by atoms with Crippen molar-refractivity contribution in [2.75, 3.05) is 17.6 Å². The molecule has 3 heterocycles. The third-order valence-electron chi connectivity index (χ3n) is 3.84. The summed E-state index contributed by atoms with van der Waals surface area (Å²) in [6.07, 6.45) is 7.30. The lowest BCUT2D eigenvalue weighted by Crippen LogP contribution is -2.40. The van der Waals surface area contributed by atoms with E-state index < -0.39 is 15.9 Å². The fourth-order valence-corrected chi connectivity index (χ4v) is 4.24. The first-order chi connectivity index (χ1) is 11.0. The highest BCUT2D eigenvalue weighted by Crippen LogP contribution is 2.40. The van der Waals surface area contributed by atoms with Gasteiger partial charge in [0, 0.05) is 24.0 Å². The predicted molar refractivity (Wildman–Crippen MR) is 87.9 cm³/mol. The molecule has 0 spiro atoms. The lowest BCUT2D eigenvalue weighted by atomic mass is 10.1. The summed E-state index contributed by atoms with van der Waals surface area (Å²) in [5, 5.41) is 5.22. The topological polar surface area (TPSA) is 91.7 Å². The van der Waals surface area contributed by atoms with Gasteiger partial charge in [-0.1, -0.05) is 0 Å². The summed E-state index contributed by atoms with van der Waals surface area (Å²) in [7, 11) is -3.51. The van der Waals surface area contributed by atoms with Crippen LogP contribution >= 0.6 is 11.3 Å². The van der Waals surface area contributed by atoms with Gasteiger partial charge >= 0.3 is 0 Å². The van der Waals surface area contributed by atoms with Crippen LogP contribution in [-0.2, 0) is 14.8 Å².